The van der Waals surface area contributed by atoms with E-state index in [1.807, 2.05) is 11.7 Å². The molecule has 0 radical (unpaired) electrons. The summed E-state index contributed by atoms with van der Waals surface area (Å²) in [6.07, 6.45) is 2.32. The van der Waals surface area contributed by atoms with Gasteiger partial charge in [0.25, 0.3) is 0 Å². The van der Waals surface area contributed by atoms with Gasteiger partial charge in [-0.15, -0.1) is 0 Å². The van der Waals surface area contributed by atoms with Gasteiger partial charge in [-0.3, -0.25) is 4.68 Å². The molecule has 1 aromatic rings. The van der Waals surface area contributed by atoms with Crippen LogP contribution >= 0.6 is 0 Å². The van der Waals surface area contributed by atoms with Gasteiger partial charge in [-0.05, 0) is 47.0 Å². The number of nitrogens with zero attached hydrogens (tertiary/aromatic N) is 4. The zero-order chi connectivity index (χ0) is 15.1. The molecule has 20 heavy (non-hydrogen) atoms. The molecule has 0 aromatic carbocycles. The Morgan fingerprint density at radius 1 is 1.20 bits per heavy atom. The van der Waals surface area contributed by atoms with Crippen LogP contribution in [0.4, 0.5) is 5.82 Å². The van der Waals surface area contributed by atoms with Crippen molar-refractivity contribution < 1.29 is 0 Å². The summed E-state index contributed by atoms with van der Waals surface area (Å²) in [6.45, 7) is 8.42. The summed E-state index contributed by atoms with van der Waals surface area (Å²) < 4.78 is 2.01. The maximum atomic E-state index is 4.58. The highest BCUT2D eigenvalue weighted by Gasteiger charge is 2.16. The molecular weight excluding hydrogens is 250 g/mol. The molecule has 0 aliphatic carbocycles. The van der Waals surface area contributed by atoms with Crippen molar-refractivity contribution in [3.63, 3.8) is 0 Å². The third-order valence-corrected chi connectivity index (χ3v) is 3.50. The fourth-order valence-corrected chi connectivity index (χ4v) is 2.49. The molecule has 0 aliphatic rings. The highest BCUT2D eigenvalue weighted by atomic mass is 15.4. The lowest BCUT2D eigenvalue weighted by Crippen LogP contribution is -2.26. The highest BCUT2D eigenvalue weighted by molar-refractivity contribution is 5.49. The third kappa shape index (κ3) is 4.80. The molecule has 0 saturated carbocycles. The summed E-state index contributed by atoms with van der Waals surface area (Å²) in [7, 11) is 8.44. The van der Waals surface area contributed by atoms with E-state index in [9.17, 15) is 0 Å². The summed E-state index contributed by atoms with van der Waals surface area (Å²) in [6, 6.07) is 0. The van der Waals surface area contributed by atoms with Crippen LogP contribution in [0.5, 0.6) is 0 Å². The van der Waals surface area contributed by atoms with Crippen molar-refractivity contribution in [2.75, 3.05) is 45.7 Å². The van der Waals surface area contributed by atoms with Gasteiger partial charge in [-0.2, -0.15) is 5.10 Å². The zero-order valence-corrected chi connectivity index (χ0v) is 14.0. The number of hydrogen-bond donors (Lipinski definition) is 1. The molecule has 1 aromatic heterocycles. The second kappa shape index (κ2) is 8.27. The van der Waals surface area contributed by atoms with Gasteiger partial charge >= 0.3 is 0 Å². The van der Waals surface area contributed by atoms with E-state index in [1.165, 1.54) is 11.4 Å². The SMILES string of the molecule is CCCNCc1c(C)nn(C)c1N(C)CCCN(C)C. The fourth-order valence-electron chi connectivity index (χ4n) is 2.49. The van der Waals surface area contributed by atoms with E-state index in [0.717, 1.165) is 44.7 Å². The molecule has 0 unspecified atom stereocenters. The lowest BCUT2D eigenvalue weighted by molar-refractivity contribution is 0.401. The van der Waals surface area contributed by atoms with Gasteiger partial charge in [0.1, 0.15) is 5.82 Å². The summed E-state index contributed by atoms with van der Waals surface area (Å²) in [4.78, 5) is 4.55. The Balaban J connectivity index is 2.71. The Morgan fingerprint density at radius 2 is 1.90 bits per heavy atom. The maximum absolute atomic E-state index is 4.58. The lowest BCUT2D eigenvalue weighted by atomic mass is 10.2. The Kier molecular flexibility index (Phi) is 7.02. The molecule has 0 atom stereocenters. The van der Waals surface area contributed by atoms with E-state index in [4.69, 9.17) is 0 Å². The number of nitrogens with one attached hydrogen (secondary N) is 1. The first kappa shape index (κ1) is 17.0. The smallest absolute Gasteiger partial charge is 0.131 e. The van der Waals surface area contributed by atoms with E-state index in [1.54, 1.807) is 0 Å². The fraction of sp³-hybridized carbons (Fsp3) is 0.800. The van der Waals surface area contributed by atoms with Crippen LogP contribution in [0.3, 0.4) is 0 Å². The normalized spacial score (nSPS) is 11.3. The van der Waals surface area contributed by atoms with Crippen LogP contribution in [-0.2, 0) is 13.6 Å². The van der Waals surface area contributed by atoms with Crippen LogP contribution in [0.25, 0.3) is 0 Å². The predicted octanol–water partition coefficient (Wildman–Crippen LogP) is 1.62. The molecule has 0 bridgehead atoms. The minimum absolute atomic E-state index is 0.904. The molecular formula is C15H31N5. The van der Waals surface area contributed by atoms with Crippen LogP contribution in [0.1, 0.15) is 31.0 Å². The van der Waals surface area contributed by atoms with E-state index >= 15 is 0 Å². The summed E-state index contributed by atoms with van der Waals surface area (Å²) in [5.41, 5.74) is 2.46. The van der Waals surface area contributed by atoms with E-state index in [-0.39, 0.29) is 0 Å². The lowest BCUT2D eigenvalue weighted by Gasteiger charge is -2.22. The van der Waals surface area contributed by atoms with E-state index in [0.29, 0.717) is 0 Å². The molecule has 0 spiro atoms. The Hall–Kier alpha value is -1.07. The molecule has 5 heteroatoms. The van der Waals surface area contributed by atoms with Crippen molar-refractivity contribution >= 4 is 5.82 Å². The van der Waals surface area contributed by atoms with Gasteiger partial charge in [0.05, 0.1) is 5.69 Å². The number of hydrogen-bond acceptors (Lipinski definition) is 4. The van der Waals surface area contributed by atoms with E-state index < -0.39 is 0 Å². The number of anilines is 1. The first-order valence-electron chi connectivity index (χ1n) is 7.56. The molecule has 5 nitrogen and oxygen atoms in total. The highest BCUT2D eigenvalue weighted by Crippen LogP contribution is 2.22. The largest absolute Gasteiger partial charge is 0.360 e. The number of aromatic nitrogens is 2. The van der Waals surface area contributed by atoms with Crippen LogP contribution in [0.15, 0.2) is 0 Å². The average molecular weight is 281 g/mol. The molecule has 1 rings (SSSR count). The topological polar surface area (TPSA) is 36.3 Å². The third-order valence-electron chi connectivity index (χ3n) is 3.50. The van der Waals surface area contributed by atoms with Crippen molar-refractivity contribution in [2.45, 2.75) is 33.2 Å². The quantitative estimate of drug-likeness (QED) is 0.698. The van der Waals surface area contributed by atoms with Gasteiger partial charge in [-0.25, -0.2) is 0 Å². The van der Waals surface area contributed by atoms with Crippen LogP contribution < -0.4 is 10.2 Å². The second-order valence-electron chi connectivity index (χ2n) is 5.77. The molecule has 0 fully saturated rings. The molecule has 0 amide bonds. The van der Waals surface area contributed by atoms with Crippen LogP contribution in [0.2, 0.25) is 0 Å². The second-order valence-corrected chi connectivity index (χ2v) is 5.77. The number of rotatable bonds is 9. The Bertz CT molecular complexity index is 397. The number of aryl methyl sites for hydroxylation is 2. The minimum atomic E-state index is 0.904. The van der Waals surface area contributed by atoms with Crippen molar-refractivity contribution in [3.8, 4) is 0 Å². The molecule has 1 heterocycles. The van der Waals surface area contributed by atoms with Crippen LogP contribution in [-0.4, -0.2) is 55.5 Å². The molecule has 0 saturated heterocycles. The standard InChI is InChI=1S/C15H31N5/c1-7-9-16-12-14-13(2)17-20(6)15(14)19(5)11-8-10-18(3)4/h16H,7-12H2,1-6H3. The van der Waals surface area contributed by atoms with Gasteiger partial charge in [0.15, 0.2) is 0 Å². The molecule has 116 valence electrons. The summed E-state index contributed by atoms with van der Waals surface area (Å²) >= 11 is 0. The van der Waals surface area contributed by atoms with Gasteiger partial charge < -0.3 is 15.1 Å². The monoisotopic (exact) mass is 281 g/mol. The van der Waals surface area contributed by atoms with E-state index in [2.05, 4.69) is 55.2 Å². The van der Waals surface area contributed by atoms with Crippen molar-refractivity contribution in [1.82, 2.24) is 20.0 Å². The van der Waals surface area contributed by atoms with Gasteiger partial charge in [-0.1, -0.05) is 6.92 Å². The average Bonchev–Trinajstić information content (AvgIpc) is 2.64. The van der Waals surface area contributed by atoms with Crippen molar-refractivity contribution in [1.29, 1.82) is 0 Å². The molecule has 1 N–H and O–H groups in total. The minimum Gasteiger partial charge on any atom is -0.360 e. The van der Waals surface area contributed by atoms with Gasteiger partial charge in [0, 0.05) is 32.7 Å². The zero-order valence-electron chi connectivity index (χ0n) is 14.0. The Morgan fingerprint density at radius 3 is 2.50 bits per heavy atom. The molecule has 0 aliphatic heterocycles. The van der Waals surface area contributed by atoms with Crippen molar-refractivity contribution in [2.24, 2.45) is 7.05 Å². The summed E-state index contributed by atoms with van der Waals surface area (Å²) in [5, 5.41) is 8.07. The Labute approximate surface area is 123 Å². The predicted molar refractivity (Wildman–Crippen MR) is 86.4 cm³/mol. The van der Waals surface area contributed by atoms with Gasteiger partial charge in [0.2, 0.25) is 0 Å². The van der Waals surface area contributed by atoms with Crippen LogP contribution in [0, 0.1) is 6.92 Å². The van der Waals surface area contributed by atoms with Crippen molar-refractivity contribution in [3.05, 3.63) is 11.3 Å². The first-order valence-corrected chi connectivity index (χ1v) is 7.56. The summed E-state index contributed by atoms with van der Waals surface area (Å²) in [5.74, 6) is 1.24. The maximum Gasteiger partial charge on any atom is 0.131 e. The first-order chi connectivity index (χ1) is 9.47.